The lowest BCUT2D eigenvalue weighted by Gasteiger charge is -2.19. The van der Waals surface area contributed by atoms with E-state index in [4.69, 9.17) is 5.73 Å². The van der Waals surface area contributed by atoms with Gasteiger partial charge in [-0.2, -0.15) is 13.2 Å². The average molecular weight is 408 g/mol. The highest BCUT2D eigenvalue weighted by atomic mass is 31.2. The summed E-state index contributed by atoms with van der Waals surface area (Å²) in [6, 6.07) is 8.24. The summed E-state index contributed by atoms with van der Waals surface area (Å²) in [7, 11) is -2.49. The van der Waals surface area contributed by atoms with Gasteiger partial charge in [0.15, 0.2) is 0 Å². The van der Waals surface area contributed by atoms with Crippen molar-refractivity contribution in [2.45, 2.75) is 19.1 Å². The molecule has 9 heteroatoms. The van der Waals surface area contributed by atoms with Gasteiger partial charge in [0.25, 0.3) is 0 Å². The number of aromatic nitrogens is 2. The smallest absolute Gasteiger partial charge is 0.399 e. The Morgan fingerprint density at radius 3 is 2.46 bits per heavy atom. The van der Waals surface area contributed by atoms with Crippen LogP contribution in [0.5, 0.6) is 0 Å². The second-order valence-electron chi connectivity index (χ2n) is 7.03. The zero-order valence-corrected chi connectivity index (χ0v) is 16.5. The van der Waals surface area contributed by atoms with Crippen LogP contribution in [0.2, 0.25) is 0 Å². The van der Waals surface area contributed by atoms with Crippen LogP contribution in [0.25, 0.3) is 10.9 Å². The van der Waals surface area contributed by atoms with E-state index < -0.39 is 24.9 Å². The molecule has 0 aliphatic rings. The summed E-state index contributed by atoms with van der Waals surface area (Å²) in [4.78, 5) is 8.42. The van der Waals surface area contributed by atoms with Crippen LogP contribution in [0.4, 0.5) is 24.7 Å². The van der Waals surface area contributed by atoms with Gasteiger partial charge in [-0.15, -0.1) is 0 Å². The number of anilines is 2. The molecule has 0 aliphatic carbocycles. The second-order valence-corrected chi connectivity index (χ2v) is 10.2. The lowest BCUT2D eigenvalue weighted by molar-refractivity contribution is -0.137. The number of halogens is 3. The molecule has 0 radical (unpaired) electrons. The fourth-order valence-electron chi connectivity index (χ4n) is 2.87. The van der Waals surface area contributed by atoms with Gasteiger partial charge in [-0.3, -0.25) is 0 Å². The summed E-state index contributed by atoms with van der Waals surface area (Å²) >= 11 is 0. The first-order valence-corrected chi connectivity index (χ1v) is 11.1. The maximum Gasteiger partial charge on any atom is 0.416 e. The van der Waals surface area contributed by atoms with Gasteiger partial charge in [0.05, 0.1) is 17.1 Å². The van der Waals surface area contributed by atoms with Gasteiger partial charge in [-0.1, -0.05) is 0 Å². The van der Waals surface area contributed by atoms with E-state index in [0.717, 1.165) is 12.1 Å². The average Bonchev–Trinajstić information content (AvgIpc) is 2.59. The maximum absolute atomic E-state index is 13.1. The van der Waals surface area contributed by atoms with E-state index in [1.807, 2.05) is 0 Å². The van der Waals surface area contributed by atoms with Crippen molar-refractivity contribution >= 4 is 34.9 Å². The Morgan fingerprint density at radius 2 is 1.82 bits per heavy atom. The highest BCUT2D eigenvalue weighted by Crippen LogP contribution is 2.37. The summed E-state index contributed by atoms with van der Waals surface area (Å²) in [5.74, 6) is 0.448. The highest BCUT2D eigenvalue weighted by molar-refractivity contribution is 7.70. The predicted molar refractivity (Wildman–Crippen MR) is 107 cm³/mol. The number of hydrogen-bond donors (Lipinski definition) is 2. The van der Waals surface area contributed by atoms with Crippen LogP contribution in [0.3, 0.4) is 0 Å². The van der Waals surface area contributed by atoms with E-state index in [1.54, 1.807) is 38.5 Å². The number of alkyl halides is 3. The van der Waals surface area contributed by atoms with Crippen LogP contribution in [-0.4, -0.2) is 23.3 Å². The molecule has 5 nitrogen and oxygen atoms in total. The number of rotatable bonds is 4. The first-order chi connectivity index (χ1) is 12.9. The van der Waals surface area contributed by atoms with Gasteiger partial charge in [-0.25, -0.2) is 9.97 Å². The standard InChI is InChI=1S/C19H20F3N4OP/c1-11(12-6-13(19(20,21)22)8-14(23)7-12)26-18-16-9-15(28(2,3)27)4-5-17(16)24-10-25-18/h4-11H,23H2,1-3H3,(H,24,25,26). The molecule has 3 rings (SSSR count). The van der Waals surface area contributed by atoms with Crippen LogP contribution in [0, 0.1) is 0 Å². The summed E-state index contributed by atoms with van der Waals surface area (Å²) in [6.45, 7) is 5.05. The molecule has 0 saturated carbocycles. The van der Waals surface area contributed by atoms with Crippen LogP contribution in [-0.2, 0) is 10.7 Å². The first kappa shape index (κ1) is 20.1. The zero-order chi connectivity index (χ0) is 20.7. The van der Waals surface area contributed by atoms with E-state index in [9.17, 15) is 17.7 Å². The van der Waals surface area contributed by atoms with Gasteiger partial charge >= 0.3 is 6.18 Å². The lowest BCUT2D eigenvalue weighted by Crippen LogP contribution is -2.13. The van der Waals surface area contributed by atoms with Crippen molar-refractivity contribution < 1.29 is 17.7 Å². The Labute approximate surface area is 160 Å². The monoisotopic (exact) mass is 408 g/mol. The van der Waals surface area contributed by atoms with E-state index in [-0.39, 0.29) is 5.69 Å². The van der Waals surface area contributed by atoms with Crippen molar-refractivity contribution in [2.75, 3.05) is 24.4 Å². The number of nitrogens with two attached hydrogens (primary N) is 1. The Kier molecular flexibility index (Phi) is 5.10. The number of nitrogens with zero attached hydrogens (tertiary/aromatic N) is 2. The number of nitrogens with one attached hydrogen (secondary N) is 1. The normalized spacial score (nSPS) is 13.5. The molecule has 0 fully saturated rings. The third-order valence-electron chi connectivity index (χ3n) is 4.40. The van der Waals surface area contributed by atoms with E-state index in [2.05, 4.69) is 15.3 Å². The molecule has 0 saturated heterocycles. The van der Waals surface area contributed by atoms with E-state index >= 15 is 0 Å². The molecule has 148 valence electrons. The molecule has 3 aromatic rings. The topological polar surface area (TPSA) is 80.9 Å². The van der Waals surface area contributed by atoms with Gasteiger partial charge in [0.1, 0.15) is 19.3 Å². The minimum Gasteiger partial charge on any atom is -0.399 e. The SMILES string of the molecule is CC(Nc1ncnc2ccc(P(C)(C)=O)cc12)c1cc(N)cc(C(F)(F)F)c1. The molecular formula is C19H20F3N4OP. The fraction of sp³-hybridized carbons (Fsp3) is 0.263. The second kappa shape index (κ2) is 7.09. The van der Waals surface area contributed by atoms with Crippen LogP contribution < -0.4 is 16.4 Å². The van der Waals surface area contributed by atoms with Crippen molar-refractivity contribution in [2.24, 2.45) is 0 Å². The summed E-state index contributed by atoms with van der Waals surface area (Å²) in [6.07, 6.45) is -3.11. The van der Waals surface area contributed by atoms with Crippen LogP contribution >= 0.6 is 7.14 Å². The predicted octanol–water partition coefficient (Wildman–Crippen LogP) is 4.65. The molecule has 1 atom stereocenters. The molecule has 0 spiro atoms. The molecule has 1 heterocycles. The summed E-state index contributed by atoms with van der Waals surface area (Å²) in [5, 5.41) is 4.45. The maximum atomic E-state index is 13.1. The van der Waals surface area contributed by atoms with Crippen LogP contribution in [0.1, 0.15) is 24.1 Å². The molecule has 2 aromatic carbocycles. The van der Waals surface area contributed by atoms with Gasteiger partial charge in [-0.05, 0) is 62.2 Å². The van der Waals surface area contributed by atoms with E-state index in [1.165, 1.54) is 12.4 Å². The Hall–Kier alpha value is -2.60. The number of nitrogen functional groups attached to an aromatic ring is 1. The van der Waals surface area contributed by atoms with Crippen molar-refractivity contribution in [1.82, 2.24) is 9.97 Å². The number of benzene rings is 2. The summed E-state index contributed by atoms with van der Waals surface area (Å²) in [5.41, 5.74) is 5.92. The van der Waals surface area contributed by atoms with Crippen molar-refractivity contribution in [3.8, 4) is 0 Å². The van der Waals surface area contributed by atoms with Crippen molar-refractivity contribution in [1.29, 1.82) is 0 Å². The Morgan fingerprint density at radius 1 is 1.11 bits per heavy atom. The Bertz CT molecular complexity index is 1080. The third kappa shape index (κ3) is 4.28. The first-order valence-electron chi connectivity index (χ1n) is 8.49. The minimum absolute atomic E-state index is 0.0335. The van der Waals surface area contributed by atoms with E-state index in [0.29, 0.717) is 27.6 Å². The molecule has 0 aliphatic heterocycles. The highest BCUT2D eigenvalue weighted by Gasteiger charge is 2.31. The zero-order valence-electron chi connectivity index (χ0n) is 15.6. The largest absolute Gasteiger partial charge is 0.416 e. The molecule has 0 bridgehead atoms. The number of fused-ring (bicyclic) bond motifs is 1. The fourth-order valence-corrected chi connectivity index (χ4v) is 3.75. The molecular weight excluding hydrogens is 388 g/mol. The number of hydrogen-bond acceptors (Lipinski definition) is 5. The van der Waals surface area contributed by atoms with Crippen LogP contribution in [0.15, 0.2) is 42.7 Å². The quantitative estimate of drug-likeness (QED) is 0.485. The molecule has 0 amide bonds. The van der Waals surface area contributed by atoms with Gasteiger partial charge in [0.2, 0.25) is 0 Å². The Balaban J connectivity index is 2.01. The molecule has 3 N–H and O–H groups in total. The van der Waals surface area contributed by atoms with Crippen molar-refractivity contribution in [3.63, 3.8) is 0 Å². The minimum atomic E-state index is -4.48. The van der Waals surface area contributed by atoms with Crippen molar-refractivity contribution in [3.05, 3.63) is 53.9 Å². The summed E-state index contributed by atoms with van der Waals surface area (Å²) < 4.78 is 51.6. The molecule has 28 heavy (non-hydrogen) atoms. The van der Waals surface area contributed by atoms with Gasteiger partial charge in [0, 0.05) is 16.4 Å². The molecule has 1 unspecified atom stereocenters. The van der Waals surface area contributed by atoms with Gasteiger partial charge < -0.3 is 15.6 Å². The lowest BCUT2D eigenvalue weighted by atomic mass is 10.0. The molecule has 1 aromatic heterocycles. The third-order valence-corrected chi connectivity index (χ3v) is 5.92.